The Morgan fingerprint density at radius 1 is 1.11 bits per heavy atom. The van der Waals surface area contributed by atoms with E-state index in [1.807, 2.05) is 62.4 Å². The van der Waals surface area contributed by atoms with Crippen molar-refractivity contribution in [1.29, 1.82) is 0 Å². The first-order chi connectivity index (χ1) is 9.08. The summed E-state index contributed by atoms with van der Waals surface area (Å²) < 4.78 is 1.02. The van der Waals surface area contributed by atoms with Crippen molar-refractivity contribution < 1.29 is 4.79 Å². The zero-order chi connectivity index (χ0) is 13.8. The zero-order valence-corrected chi connectivity index (χ0v) is 12.6. The van der Waals surface area contributed by atoms with Crippen LogP contribution in [-0.2, 0) is 0 Å². The number of amides is 1. The molecule has 2 rings (SSSR count). The summed E-state index contributed by atoms with van der Waals surface area (Å²) in [6.45, 7) is 3.91. The molecule has 0 aromatic heterocycles. The number of hydrogen-bond donors (Lipinski definition) is 1. The molecule has 0 unspecified atom stereocenters. The summed E-state index contributed by atoms with van der Waals surface area (Å²) in [7, 11) is 0. The van der Waals surface area contributed by atoms with Crippen LogP contribution in [0.25, 0.3) is 11.1 Å². The summed E-state index contributed by atoms with van der Waals surface area (Å²) in [5.41, 5.74) is 2.80. The molecular weight excluding hydrogens is 302 g/mol. The van der Waals surface area contributed by atoms with Gasteiger partial charge in [0.05, 0.1) is 0 Å². The third-order valence-electron chi connectivity index (χ3n) is 2.73. The highest BCUT2D eigenvalue weighted by molar-refractivity contribution is 9.10. The molecule has 0 aliphatic rings. The van der Waals surface area contributed by atoms with E-state index in [1.54, 1.807) is 0 Å². The Labute approximate surface area is 122 Å². The van der Waals surface area contributed by atoms with Crippen molar-refractivity contribution in [3.05, 3.63) is 58.6 Å². The van der Waals surface area contributed by atoms with Gasteiger partial charge in [0.1, 0.15) is 0 Å². The lowest BCUT2D eigenvalue weighted by atomic mass is 10.0. The third-order valence-corrected chi connectivity index (χ3v) is 3.42. The Morgan fingerprint density at radius 3 is 2.53 bits per heavy atom. The topological polar surface area (TPSA) is 29.1 Å². The molecule has 0 radical (unpaired) electrons. The van der Waals surface area contributed by atoms with Gasteiger partial charge in [0.2, 0.25) is 0 Å². The van der Waals surface area contributed by atoms with Gasteiger partial charge in [-0.15, -0.1) is 0 Å². The summed E-state index contributed by atoms with van der Waals surface area (Å²) in [5.74, 6) is -0.0381. The van der Waals surface area contributed by atoms with Gasteiger partial charge >= 0.3 is 0 Å². The lowest BCUT2D eigenvalue weighted by Gasteiger charge is -2.10. The Kier molecular flexibility index (Phi) is 4.38. The van der Waals surface area contributed by atoms with E-state index in [4.69, 9.17) is 0 Å². The van der Waals surface area contributed by atoms with Crippen LogP contribution in [0.15, 0.2) is 53.0 Å². The normalized spacial score (nSPS) is 10.5. The smallest absolute Gasteiger partial charge is 0.251 e. The lowest BCUT2D eigenvalue weighted by molar-refractivity contribution is 0.0943. The second kappa shape index (κ2) is 6.02. The molecule has 19 heavy (non-hydrogen) atoms. The van der Waals surface area contributed by atoms with E-state index in [2.05, 4.69) is 21.2 Å². The highest BCUT2D eigenvalue weighted by Gasteiger charge is 2.09. The van der Waals surface area contributed by atoms with E-state index in [0.29, 0.717) is 5.56 Å². The summed E-state index contributed by atoms with van der Waals surface area (Å²) in [6.07, 6.45) is 0. The fourth-order valence-electron chi connectivity index (χ4n) is 1.87. The molecule has 1 amide bonds. The molecule has 0 aliphatic heterocycles. The van der Waals surface area contributed by atoms with Crippen molar-refractivity contribution in [2.24, 2.45) is 0 Å². The number of hydrogen-bond acceptors (Lipinski definition) is 1. The number of halogens is 1. The van der Waals surface area contributed by atoms with Gasteiger partial charge in [-0.25, -0.2) is 0 Å². The first kappa shape index (κ1) is 13.8. The summed E-state index contributed by atoms with van der Waals surface area (Å²) in [6, 6.07) is 15.8. The van der Waals surface area contributed by atoms with E-state index < -0.39 is 0 Å². The molecule has 0 aliphatic carbocycles. The standard InChI is InChI=1S/C16H16BrNO/c1-11(2)18-16(19)13-7-5-6-12(10-13)14-8-3-4-9-15(14)17/h3-11H,1-2H3,(H,18,19). The zero-order valence-electron chi connectivity index (χ0n) is 11.0. The Bertz CT molecular complexity index is 593. The van der Waals surface area contributed by atoms with Gasteiger partial charge in [-0.05, 0) is 43.2 Å². The maximum atomic E-state index is 12.0. The predicted molar refractivity (Wildman–Crippen MR) is 82.2 cm³/mol. The van der Waals surface area contributed by atoms with Gasteiger partial charge in [-0.1, -0.05) is 46.3 Å². The monoisotopic (exact) mass is 317 g/mol. The molecule has 0 saturated heterocycles. The molecule has 0 bridgehead atoms. The SMILES string of the molecule is CC(C)NC(=O)c1cccc(-c2ccccc2Br)c1. The van der Waals surface area contributed by atoms with Crippen molar-refractivity contribution in [3.63, 3.8) is 0 Å². The van der Waals surface area contributed by atoms with Crippen LogP contribution in [0, 0.1) is 0 Å². The molecule has 2 nitrogen and oxygen atoms in total. The van der Waals surface area contributed by atoms with Gasteiger partial charge in [-0.3, -0.25) is 4.79 Å². The van der Waals surface area contributed by atoms with Crippen LogP contribution >= 0.6 is 15.9 Å². The predicted octanol–water partition coefficient (Wildman–Crippen LogP) is 4.25. The summed E-state index contributed by atoms with van der Waals surface area (Å²) in [5, 5.41) is 2.90. The minimum absolute atomic E-state index is 0.0381. The quantitative estimate of drug-likeness (QED) is 0.900. The average molecular weight is 318 g/mol. The van der Waals surface area contributed by atoms with Crippen LogP contribution in [0.5, 0.6) is 0 Å². The number of nitrogens with one attached hydrogen (secondary N) is 1. The van der Waals surface area contributed by atoms with Crippen LogP contribution < -0.4 is 5.32 Å². The third kappa shape index (κ3) is 3.44. The fraction of sp³-hybridized carbons (Fsp3) is 0.188. The maximum Gasteiger partial charge on any atom is 0.251 e. The number of carbonyl (C=O) groups is 1. The molecule has 0 saturated carbocycles. The molecule has 2 aromatic carbocycles. The summed E-state index contributed by atoms with van der Waals surface area (Å²) in [4.78, 5) is 12.0. The minimum atomic E-state index is -0.0381. The number of carbonyl (C=O) groups excluding carboxylic acids is 1. The van der Waals surface area contributed by atoms with Crippen molar-refractivity contribution >= 4 is 21.8 Å². The van der Waals surface area contributed by atoms with E-state index in [9.17, 15) is 4.79 Å². The van der Waals surface area contributed by atoms with Gasteiger partial charge in [0.25, 0.3) is 5.91 Å². The lowest BCUT2D eigenvalue weighted by Crippen LogP contribution is -2.30. The fourth-order valence-corrected chi connectivity index (χ4v) is 2.38. The number of benzene rings is 2. The molecule has 3 heteroatoms. The van der Waals surface area contributed by atoms with Crippen molar-refractivity contribution in [3.8, 4) is 11.1 Å². The first-order valence-electron chi connectivity index (χ1n) is 6.24. The molecule has 0 spiro atoms. The molecular formula is C16H16BrNO. The Balaban J connectivity index is 2.35. The molecule has 0 atom stereocenters. The van der Waals surface area contributed by atoms with E-state index in [1.165, 1.54) is 0 Å². The molecule has 2 aromatic rings. The van der Waals surface area contributed by atoms with E-state index in [-0.39, 0.29) is 11.9 Å². The Hall–Kier alpha value is -1.61. The van der Waals surface area contributed by atoms with E-state index >= 15 is 0 Å². The minimum Gasteiger partial charge on any atom is -0.350 e. The van der Waals surface area contributed by atoms with Gasteiger partial charge < -0.3 is 5.32 Å². The van der Waals surface area contributed by atoms with Crippen LogP contribution in [0.1, 0.15) is 24.2 Å². The van der Waals surface area contributed by atoms with Crippen molar-refractivity contribution in [1.82, 2.24) is 5.32 Å². The molecule has 0 heterocycles. The molecule has 1 N–H and O–H groups in total. The average Bonchev–Trinajstić information content (AvgIpc) is 2.38. The van der Waals surface area contributed by atoms with Crippen molar-refractivity contribution in [2.45, 2.75) is 19.9 Å². The highest BCUT2D eigenvalue weighted by atomic mass is 79.9. The van der Waals surface area contributed by atoms with Gasteiger partial charge in [0, 0.05) is 16.1 Å². The number of rotatable bonds is 3. The molecule has 98 valence electrons. The summed E-state index contributed by atoms with van der Waals surface area (Å²) >= 11 is 3.53. The molecule has 0 fully saturated rings. The highest BCUT2D eigenvalue weighted by Crippen LogP contribution is 2.28. The second-order valence-corrected chi connectivity index (χ2v) is 5.54. The maximum absolute atomic E-state index is 12.0. The van der Waals surface area contributed by atoms with Crippen LogP contribution in [0.2, 0.25) is 0 Å². The van der Waals surface area contributed by atoms with Crippen LogP contribution in [-0.4, -0.2) is 11.9 Å². The largest absolute Gasteiger partial charge is 0.350 e. The Morgan fingerprint density at radius 2 is 1.84 bits per heavy atom. The van der Waals surface area contributed by atoms with Crippen LogP contribution in [0.4, 0.5) is 0 Å². The van der Waals surface area contributed by atoms with Gasteiger partial charge in [-0.2, -0.15) is 0 Å². The van der Waals surface area contributed by atoms with Crippen LogP contribution in [0.3, 0.4) is 0 Å². The van der Waals surface area contributed by atoms with Gasteiger partial charge in [0.15, 0.2) is 0 Å². The first-order valence-corrected chi connectivity index (χ1v) is 7.03. The van der Waals surface area contributed by atoms with E-state index in [0.717, 1.165) is 15.6 Å². The van der Waals surface area contributed by atoms with Crippen molar-refractivity contribution in [2.75, 3.05) is 0 Å². The second-order valence-electron chi connectivity index (χ2n) is 4.69.